The molecule has 0 saturated carbocycles. The lowest BCUT2D eigenvalue weighted by Gasteiger charge is -2.04. The Hall–Kier alpha value is -1.84. The van der Waals surface area contributed by atoms with Crippen LogP contribution in [0.1, 0.15) is 26.2 Å². The molecule has 1 aromatic carbocycles. The van der Waals surface area contributed by atoms with E-state index in [1.54, 1.807) is 24.3 Å². The zero-order valence-electron chi connectivity index (χ0n) is 9.81. The Bertz CT molecular complexity index is 624. The van der Waals surface area contributed by atoms with E-state index in [-0.39, 0.29) is 5.56 Å². The minimum atomic E-state index is -0.565. The van der Waals surface area contributed by atoms with Crippen LogP contribution in [0.25, 0.3) is 11.0 Å². The topological polar surface area (TPSA) is 52.2 Å². The minimum absolute atomic E-state index is 0.257. The summed E-state index contributed by atoms with van der Waals surface area (Å²) < 4.78 is 6.29. The van der Waals surface area contributed by atoms with Gasteiger partial charge in [0.05, 0.1) is 5.39 Å². The second kappa shape index (κ2) is 4.99. The Labute approximate surface area is 98.5 Å². The molecule has 0 atom stereocenters. The lowest BCUT2D eigenvalue weighted by Crippen LogP contribution is -2.32. The fourth-order valence-electron chi connectivity index (χ4n) is 1.82. The molecular formula is C13H15NO3. The van der Waals surface area contributed by atoms with Gasteiger partial charge in [0.15, 0.2) is 0 Å². The molecule has 1 aromatic heterocycles. The number of aromatic nitrogens is 1. The number of hydrogen-bond donors (Lipinski definition) is 0. The minimum Gasteiger partial charge on any atom is -0.409 e. The van der Waals surface area contributed by atoms with E-state index in [9.17, 15) is 9.59 Å². The third-order valence-electron chi connectivity index (χ3n) is 2.77. The van der Waals surface area contributed by atoms with Crippen molar-refractivity contribution in [3.05, 3.63) is 45.2 Å². The monoisotopic (exact) mass is 233 g/mol. The number of para-hydroxylation sites is 1. The van der Waals surface area contributed by atoms with Crippen LogP contribution in [0.2, 0.25) is 0 Å². The van der Waals surface area contributed by atoms with Gasteiger partial charge in [-0.2, -0.15) is 0 Å². The molecule has 17 heavy (non-hydrogen) atoms. The molecule has 0 N–H and O–H groups in total. The van der Waals surface area contributed by atoms with Gasteiger partial charge in [-0.15, -0.1) is 0 Å². The van der Waals surface area contributed by atoms with E-state index in [1.165, 1.54) is 4.57 Å². The molecule has 4 heteroatoms. The normalized spacial score (nSPS) is 10.9. The largest absolute Gasteiger partial charge is 0.422 e. The molecular weight excluding hydrogens is 218 g/mol. The smallest absolute Gasteiger partial charge is 0.409 e. The summed E-state index contributed by atoms with van der Waals surface area (Å²) in [6.45, 7) is 2.51. The molecule has 0 unspecified atom stereocenters. The van der Waals surface area contributed by atoms with E-state index in [0.29, 0.717) is 17.5 Å². The van der Waals surface area contributed by atoms with E-state index in [1.807, 2.05) is 0 Å². The fraction of sp³-hybridized carbons (Fsp3) is 0.385. The second-order valence-corrected chi connectivity index (χ2v) is 4.03. The highest BCUT2D eigenvalue weighted by molar-refractivity contribution is 5.74. The van der Waals surface area contributed by atoms with Crippen molar-refractivity contribution in [3.8, 4) is 0 Å². The molecule has 0 saturated heterocycles. The Morgan fingerprint density at radius 1 is 1.18 bits per heavy atom. The van der Waals surface area contributed by atoms with E-state index in [4.69, 9.17) is 4.42 Å². The number of hydrogen-bond acceptors (Lipinski definition) is 3. The van der Waals surface area contributed by atoms with Crippen molar-refractivity contribution in [2.24, 2.45) is 0 Å². The number of nitrogens with zero attached hydrogens (tertiary/aromatic N) is 1. The highest BCUT2D eigenvalue weighted by Gasteiger charge is 2.08. The van der Waals surface area contributed by atoms with E-state index < -0.39 is 5.76 Å². The van der Waals surface area contributed by atoms with Crippen molar-refractivity contribution >= 4 is 11.0 Å². The first-order valence-corrected chi connectivity index (χ1v) is 5.86. The maximum Gasteiger partial charge on any atom is 0.422 e. The maximum atomic E-state index is 12.0. The molecule has 1 heterocycles. The number of fused-ring (bicyclic) bond motifs is 1. The van der Waals surface area contributed by atoms with Crippen LogP contribution in [0.4, 0.5) is 0 Å². The van der Waals surface area contributed by atoms with Gasteiger partial charge in [-0.3, -0.25) is 4.79 Å². The quantitative estimate of drug-likeness (QED) is 0.760. The summed E-state index contributed by atoms with van der Waals surface area (Å²) in [5, 5.41) is 0.462. The van der Waals surface area contributed by atoms with Crippen LogP contribution < -0.4 is 11.3 Å². The first-order chi connectivity index (χ1) is 8.24. The Morgan fingerprint density at radius 2 is 1.94 bits per heavy atom. The van der Waals surface area contributed by atoms with Crippen molar-refractivity contribution in [3.63, 3.8) is 0 Å². The van der Waals surface area contributed by atoms with Crippen LogP contribution in [-0.2, 0) is 6.54 Å². The van der Waals surface area contributed by atoms with E-state index in [2.05, 4.69) is 6.92 Å². The summed E-state index contributed by atoms with van der Waals surface area (Å²) in [6, 6.07) is 6.82. The molecule has 0 aliphatic carbocycles. The van der Waals surface area contributed by atoms with Gasteiger partial charge in [-0.05, 0) is 18.6 Å². The summed E-state index contributed by atoms with van der Waals surface area (Å²) in [5.74, 6) is -0.565. The van der Waals surface area contributed by atoms with Crippen LogP contribution >= 0.6 is 0 Å². The van der Waals surface area contributed by atoms with Gasteiger partial charge >= 0.3 is 5.76 Å². The lowest BCUT2D eigenvalue weighted by molar-refractivity contribution is 0.443. The van der Waals surface area contributed by atoms with Gasteiger partial charge in [-0.1, -0.05) is 31.9 Å². The maximum absolute atomic E-state index is 12.0. The summed E-state index contributed by atoms with van der Waals surface area (Å²) in [6.07, 6.45) is 2.87. The number of benzene rings is 1. The molecule has 4 nitrogen and oxygen atoms in total. The molecule has 0 bridgehead atoms. The molecule has 0 spiro atoms. The summed E-state index contributed by atoms with van der Waals surface area (Å²) in [4.78, 5) is 23.7. The van der Waals surface area contributed by atoms with Crippen molar-refractivity contribution in [1.29, 1.82) is 0 Å². The molecule has 0 radical (unpaired) electrons. The fourth-order valence-corrected chi connectivity index (χ4v) is 1.82. The van der Waals surface area contributed by atoms with Gasteiger partial charge in [-0.25, -0.2) is 9.36 Å². The molecule has 2 rings (SSSR count). The SMILES string of the molecule is CCCCCn1c(=O)oc2ccccc2c1=O. The van der Waals surface area contributed by atoms with Crippen LogP contribution in [0, 0.1) is 0 Å². The van der Waals surface area contributed by atoms with Crippen LogP contribution in [0.5, 0.6) is 0 Å². The number of unbranched alkanes of at least 4 members (excludes halogenated alkanes) is 2. The van der Waals surface area contributed by atoms with Crippen molar-refractivity contribution in [1.82, 2.24) is 4.57 Å². The summed E-state index contributed by atoms with van der Waals surface area (Å²) in [7, 11) is 0. The predicted octanol–water partition coefficient (Wildman–Crippen LogP) is 2.14. The molecule has 0 aliphatic rings. The lowest BCUT2D eigenvalue weighted by atomic mass is 10.2. The molecule has 2 aromatic rings. The van der Waals surface area contributed by atoms with E-state index >= 15 is 0 Å². The van der Waals surface area contributed by atoms with Crippen LogP contribution in [0.15, 0.2) is 38.3 Å². The third-order valence-corrected chi connectivity index (χ3v) is 2.77. The highest BCUT2D eigenvalue weighted by atomic mass is 16.4. The zero-order chi connectivity index (χ0) is 12.3. The second-order valence-electron chi connectivity index (χ2n) is 4.03. The Kier molecular flexibility index (Phi) is 3.42. The van der Waals surface area contributed by atoms with Crippen LogP contribution in [-0.4, -0.2) is 4.57 Å². The molecule has 0 aliphatic heterocycles. The van der Waals surface area contributed by atoms with Crippen molar-refractivity contribution in [2.45, 2.75) is 32.7 Å². The van der Waals surface area contributed by atoms with Crippen molar-refractivity contribution in [2.75, 3.05) is 0 Å². The predicted molar refractivity (Wildman–Crippen MR) is 66.3 cm³/mol. The Morgan fingerprint density at radius 3 is 2.71 bits per heavy atom. The zero-order valence-corrected chi connectivity index (χ0v) is 9.81. The first-order valence-electron chi connectivity index (χ1n) is 5.86. The third kappa shape index (κ3) is 2.30. The molecule has 90 valence electrons. The van der Waals surface area contributed by atoms with Gasteiger partial charge < -0.3 is 4.42 Å². The molecule has 0 fully saturated rings. The van der Waals surface area contributed by atoms with E-state index in [0.717, 1.165) is 19.3 Å². The van der Waals surface area contributed by atoms with Gasteiger partial charge in [0.25, 0.3) is 5.56 Å². The summed E-state index contributed by atoms with van der Waals surface area (Å²) in [5.41, 5.74) is 0.0993. The van der Waals surface area contributed by atoms with Gasteiger partial charge in [0.1, 0.15) is 5.58 Å². The Balaban J connectivity index is 2.49. The number of rotatable bonds is 4. The van der Waals surface area contributed by atoms with Crippen molar-refractivity contribution < 1.29 is 4.42 Å². The standard InChI is InChI=1S/C13H15NO3/c1-2-3-6-9-14-12(15)10-7-4-5-8-11(10)17-13(14)16/h4-5,7-8H,2-3,6,9H2,1H3. The summed E-state index contributed by atoms with van der Waals surface area (Å²) >= 11 is 0. The average molecular weight is 233 g/mol. The average Bonchev–Trinajstić information content (AvgIpc) is 2.33. The molecule has 0 amide bonds. The van der Waals surface area contributed by atoms with Gasteiger partial charge in [0.2, 0.25) is 0 Å². The van der Waals surface area contributed by atoms with Crippen LogP contribution in [0.3, 0.4) is 0 Å². The van der Waals surface area contributed by atoms with Gasteiger partial charge in [0, 0.05) is 6.54 Å². The first kappa shape index (κ1) is 11.6. The highest BCUT2D eigenvalue weighted by Crippen LogP contribution is 2.06.